The molecule has 0 saturated heterocycles. The Kier molecular flexibility index (Phi) is 3.00. The van der Waals surface area contributed by atoms with Crippen LogP contribution >= 0.6 is 22.6 Å². The number of pyridine rings is 1. The predicted octanol–water partition coefficient (Wildman–Crippen LogP) is 2.52. The quantitative estimate of drug-likeness (QED) is 0.722. The minimum absolute atomic E-state index is 0.0520. The summed E-state index contributed by atoms with van der Waals surface area (Å²) in [5, 5.41) is 14.7. The summed E-state index contributed by atoms with van der Waals surface area (Å²) in [6, 6.07) is 9.80. The van der Waals surface area contributed by atoms with Crippen molar-refractivity contribution in [1.29, 1.82) is 0 Å². The third-order valence-electron chi connectivity index (χ3n) is 2.72. The van der Waals surface area contributed by atoms with Gasteiger partial charge in [0.2, 0.25) is 0 Å². The average Bonchev–Trinajstić information content (AvgIpc) is 2.83. The second-order valence-corrected chi connectivity index (χ2v) is 5.17. The van der Waals surface area contributed by atoms with Gasteiger partial charge in [-0.15, -0.1) is 0 Å². The van der Waals surface area contributed by atoms with Crippen LogP contribution < -0.4 is 0 Å². The molecule has 0 saturated carbocycles. The van der Waals surface area contributed by atoms with Gasteiger partial charge < -0.3 is 5.11 Å². The van der Waals surface area contributed by atoms with Gasteiger partial charge in [-0.2, -0.15) is 5.10 Å². The first-order valence-corrected chi connectivity index (χ1v) is 6.56. The number of hydrogen-bond donors (Lipinski definition) is 1. The van der Waals surface area contributed by atoms with E-state index in [2.05, 4.69) is 32.7 Å². The number of fused-ring (bicyclic) bond motifs is 1. The first-order valence-electron chi connectivity index (χ1n) is 5.48. The number of aliphatic hydroxyl groups is 1. The normalized spacial score (nSPS) is 11.0. The maximum Gasteiger partial charge on any atom is 0.159 e. The van der Waals surface area contributed by atoms with Crippen LogP contribution in [0.25, 0.3) is 16.7 Å². The highest BCUT2D eigenvalue weighted by Crippen LogP contribution is 2.20. The molecule has 0 atom stereocenters. The molecule has 0 spiro atoms. The van der Waals surface area contributed by atoms with E-state index in [1.165, 1.54) is 0 Å². The predicted molar refractivity (Wildman–Crippen MR) is 77.5 cm³/mol. The monoisotopic (exact) mass is 351 g/mol. The molecule has 18 heavy (non-hydrogen) atoms. The molecule has 4 nitrogen and oxygen atoms in total. The van der Waals surface area contributed by atoms with Gasteiger partial charge in [0.05, 0.1) is 21.9 Å². The minimum Gasteiger partial charge on any atom is -0.392 e. The molecule has 0 unspecified atom stereocenters. The van der Waals surface area contributed by atoms with Crippen LogP contribution in [-0.2, 0) is 6.61 Å². The fraction of sp³-hybridized carbons (Fsp3) is 0.0769. The Balaban J connectivity index is 2.26. The number of para-hydroxylation sites is 1. The Morgan fingerprint density at radius 2 is 2.11 bits per heavy atom. The zero-order valence-electron chi connectivity index (χ0n) is 9.42. The lowest BCUT2D eigenvalue weighted by Gasteiger charge is -2.08. The van der Waals surface area contributed by atoms with Gasteiger partial charge in [-0.25, -0.2) is 9.67 Å². The van der Waals surface area contributed by atoms with E-state index in [0.717, 1.165) is 20.0 Å². The molecule has 3 rings (SSSR count). The van der Waals surface area contributed by atoms with Crippen LogP contribution in [0.15, 0.2) is 42.7 Å². The van der Waals surface area contributed by atoms with E-state index in [-0.39, 0.29) is 6.61 Å². The summed E-state index contributed by atoms with van der Waals surface area (Å²) in [4.78, 5) is 4.57. The fourth-order valence-electron chi connectivity index (χ4n) is 1.88. The molecule has 5 heteroatoms. The number of aliphatic hydroxyl groups excluding tert-OH is 1. The minimum atomic E-state index is -0.0520. The van der Waals surface area contributed by atoms with Crippen LogP contribution in [0.5, 0.6) is 0 Å². The number of nitrogens with zero attached hydrogens (tertiary/aromatic N) is 3. The molecule has 0 amide bonds. The number of aromatic nitrogens is 3. The summed E-state index contributed by atoms with van der Waals surface area (Å²) in [6.45, 7) is -0.0520. The van der Waals surface area contributed by atoms with E-state index in [4.69, 9.17) is 0 Å². The second-order valence-electron chi connectivity index (χ2n) is 3.93. The zero-order chi connectivity index (χ0) is 12.5. The summed E-state index contributed by atoms with van der Waals surface area (Å²) < 4.78 is 2.73. The standard InChI is InChI=1S/C13H10IN3O/c14-11-6-15-17(7-11)13-10(8-18)5-9-3-1-2-4-12(9)16-13/h1-7,18H,8H2. The Hall–Kier alpha value is -1.47. The molecule has 3 aromatic rings. The van der Waals surface area contributed by atoms with Gasteiger partial charge in [-0.3, -0.25) is 0 Å². The molecule has 1 N–H and O–H groups in total. The average molecular weight is 351 g/mol. The number of benzene rings is 1. The highest BCUT2D eigenvalue weighted by Gasteiger charge is 2.09. The molecule has 1 aromatic carbocycles. The summed E-state index contributed by atoms with van der Waals surface area (Å²) in [6.07, 6.45) is 3.65. The van der Waals surface area contributed by atoms with E-state index in [1.807, 2.05) is 36.5 Å². The van der Waals surface area contributed by atoms with Gasteiger partial charge in [-0.05, 0) is 34.7 Å². The highest BCUT2D eigenvalue weighted by molar-refractivity contribution is 14.1. The second kappa shape index (κ2) is 4.66. The SMILES string of the molecule is OCc1cc2ccccc2nc1-n1cc(I)cn1. The molecular weight excluding hydrogens is 341 g/mol. The largest absolute Gasteiger partial charge is 0.392 e. The van der Waals surface area contributed by atoms with Gasteiger partial charge in [0, 0.05) is 17.1 Å². The van der Waals surface area contributed by atoms with Gasteiger partial charge in [-0.1, -0.05) is 18.2 Å². The van der Waals surface area contributed by atoms with Crippen molar-refractivity contribution >= 4 is 33.5 Å². The van der Waals surface area contributed by atoms with Gasteiger partial charge >= 0.3 is 0 Å². The topological polar surface area (TPSA) is 50.9 Å². The van der Waals surface area contributed by atoms with Crippen molar-refractivity contribution < 1.29 is 5.11 Å². The van der Waals surface area contributed by atoms with Crippen LogP contribution in [0, 0.1) is 3.57 Å². The van der Waals surface area contributed by atoms with E-state index < -0.39 is 0 Å². The van der Waals surface area contributed by atoms with Gasteiger partial charge in [0.15, 0.2) is 5.82 Å². The van der Waals surface area contributed by atoms with Crippen molar-refractivity contribution in [3.8, 4) is 5.82 Å². The van der Waals surface area contributed by atoms with Crippen LogP contribution in [0.3, 0.4) is 0 Å². The molecule has 2 heterocycles. The first-order chi connectivity index (χ1) is 8.78. The van der Waals surface area contributed by atoms with Crippen LogP contribution in [-0.4, -0.2) is 19.9 Å². The number of hydrogen-bond acceptors (Lipinski definition) is 3. The van der Waals surface area contributed by atoms with Crippen molar-refractivity contribution in [1.82, 2.24) is 14.8 Å². The molecule has 0 aliphatic heterocycles. The van der Waals surface area contributed by atoms with Gasteiger partial charge in [0.1, 0.15) is 0 Å². The van der Waals surface area contributed by atoms with Crippen LogP contribution in [0.1, 0.15) is 5.56 Å². The highest BCUT2D eigenvalue weighted by atomic mass is 127. The zero-order valence-corrected chi connectivity index (χ0v) is 11.6. The maximum atomic E-state index is 9.46. The van der Waals surface area contributed by atoms with E-state index in [1.54, 1.807) is 10.9 Å². The van der Waals surface area contributed by atoms with Crippen molar-refractivity contribution in [2.75, 3.05) is 0 Å². The third kappa shape index (κ3) is 1.99. The Labute approximate surface area is 117 Å². The fourth-order valence-corrected chi connectivity index (χ4v) is 2.27. The summed E-state index contributed by atoms with van der Waals surface area (Å²) in [5.74, 6) is 0.680. The molecule has 0 fully saturated rings. The maximum absolute atomic E-state index is 9.46. The van der Waals surface area contributed by atoms with Crippen molar-refractivity contribution in [2.24, 2.45) is 0 Å². The third-order valence-corrected chi connectivity index (χ3v) is 3.28. The lowest BCUT2D eigenvalue weighted by molar-refractivity contribution is 0.281. The van der Waals surface area contributed by atoms with E-state index >= 15 is 0 Å². The van der Waals surface area contributed by atoms with E-state index in [9.17, 15) is 5.11 Å². The molecule has 0 aliphatic carbocycles. The Morgan fingerprint density at radius 3 is 2.83 bits per heavy atom. The van der Waals surface area contributed by atoms with Crippen molar-refractivity contribution in [2.45, 2.75) is 6.61 Å². The number of halogens is 1. The van der Waals surface area contributed by atoms with Crippen molar-refractivity contribution in [3.05, 3.63) is 51.9 Å². The van der Waals surface area contributed by atoms with Crippen LogP contribution in [0.4, 0.5) is 0 Å². The number of rotatable bonds is 2. The molecule has 2 aromatic heterocycles. The summed E-state index contributed by atoms with van der Waals surface area (Å²) in [7, 11) is 0. The van der Waals surface area contributed by atoms with Crippen molar-refractivity contribution in [3.63, 3.8) is 0 Å². The molecule has 0 bridgehead atoms. The first kappa shape index (κ1) is 11.6. The Bertz CT molecular complexity index is 708. The van der Waals surface area contributed by atoms with Gasteiger partial charge in [0.25, 0.3) is 0 Å². The summed E-state index contributed by atoms with van der Waals surface area (Å²) >= 11 is 2.20. The summed E-state index contributed by atoms with van der Waals surface area (Å²) in [5.41, 5.74) is 1.67. The molecular formula is C13H10IN3O. The lowest BCUT2D eigenvalue weighted by Crippen LogP contribution is -2.03. The Morgan fingerprint density at radius 1 is 1.28 bits per heavy atom. The molecule has 0 aliphatic rings. The lowest BCUT2D eigenvalue weighted by atomic mass is 10.1. The smallest absolute Gasteiger partial charge is 0.159 e. The molecule has 90 valence electrons. The molecule has 0 radical (unpaired) electrons. The van der Waals surface area contributed by atoms with Crippen LogP contribution in [0.2, 0.25) is 0 Å². The van der Waals surface area contributed by atoms with E-state index in [0.29, 0.717) is 5.82 Å².